The Labute approximate surface area is 107 Å². The summed E-state index contributed by atoms with van der Waals surface area (Å²) in [5.74, 6) is 1.03. The smallest absolute Gasteiger partial charge is 0.0460 e. The van der Waals surface area contributed by atoms with Gasteiger partial charge < -0.3 is 16.2 Å². The summed E-state index contributed by atoms with van der Waals surface area (Å²) in [6, 6.07) is 8.96. The normalized spacial score (nSPS) is 26.1. The fourth-order valence-electron chi connectivity index (χ4n) is 2.14. The van der Waals surface area contributed by atoms with Gasteiger partial charge >= 0.3 is 0 Å². The molecule has 1 aromatic rings. The predicted octanol–water partition coefficient (Wildman–Crippen LogP) is 1.79. The van der Waals surface area contributed by atoms with Crippen molar-refractivity contribution >= 4 is 11.8 Å². The van der Waals surface area contributed by atoms with Crippen molar-refractivity contribution in [2.24, 2.45) is 5.73 Å². The van der Waals surface area contributed by atoms with Gasteiger partial charge in [-0.3, -0.25) is 0 Å². The van der Waals surface area contributed by atoms with Gasteiger partial charge in [0.2, 0.25) is 0 Å². The van der Waals surface area contributed by atoms with Gasteiger partial charge in [-0.1, -0.05) is 24.3 Å². The van der Waals surface area contributed by atoms with Gasteiger partial charge in [0.1, 0.15) is 0 Å². The average molecular weight is 252 g/mol. The van der Waals surface area contributed by atoms with Crippen molar-refractivity contribution in [1.82, 2.24) is 5.32 Å². The Balaban J connectivity index is 2.07. The van der Waals surface area contributed by atoms with Crippen molar-refractivity contribution < 1.29 is 5.11 Å². The van der Waals surface area contributed by atoms with Crippen molar-refractivity contribution in [3.05, 3.63) is 35.4 Å². The fourth-order valence-corrected chi connectivity index (χ4v) is 3.42. The Morgan fingerprint density at radius 3 is 2.71 bits per heavy atom. The van der Waals surface area contributed by atoms with Gasteiger partial charge in [0.05, 0.1) is 0 Å². The Hall–Kier alpha value is -0.550. The Morgan fingerprint density at radius 2 is 2.18 bits per heavy atom. The molecule has 0 bridgehead atoms. The third-order valence-corrected chi connectivity index (χ3v) is 4.63. The van der Waals surface area contributed by atoms with E-state index in [1.54, 1.807) is 0 Å². The van der Waals surface area contributed by atoms with E-state index in [0.29, 0.717) is 17.7 Å². The zero-order valence-corrected chi connectivity index (χ0v) is 10.9. The molecule has 1 saturated heterocycles. The van der Waals surface area contributed by atoms with Crippen LogP contribution in [0.3, 0.4) is 0 Å². The summed E-state index contributed by atoms with van der Waals surface area (Å²) in [6.45, 7) is 2.36. The Morgan fingerprint density at radius 1 is 1.47 bits per heavy atom. The van der Waals surface area contributed by atoms with Gasteiger partial charge in [-0.05, 0) is 24.5 Å². The number of aliphatic hydroxyl groups is 1. The molecule has 0 aromatic heterocycles. The number of hydrogen-bond donors (Lipinski definition) is 3. The van der Waals surface area contributed by atoms with Crippen LogP contribution in [-0.2, 0) is 0 Å². The molecule has 3 atom stereocenters. The highest BCUT2D eigenvalue weighted by molar-refractivity contribution is 7.99. The number of rotatable bonds is 4. The van der Waals surface area contributed by atoms with E-state index in [4.69, 9.17) is 10.8 Å². The summed E-state index contributed by atoms with van der Waals surface area (Å²) in [6.07, 6.45) is 0.621. The zero-order chi connectivity index (χ0) is 12.3. The lowest BCUT2D eigenvalue weighted by atomic mass is 10.0. The second-order valence-corrected chi connectivity index (χ2v) is 5.64. The molecule has 0 amide bonds. The first-order valence-corrected chi connectivity index (χ1v) is 7.08. The number of benzene rings is 1. The van der Waals surface area contributed by atoms with Crippen molar-refractivity contribution in [1.29, 1.82) is 0 Å². The molecule has 1 aliphatic heterocycles. The van der Waals surface area contributed by atoms with Gasteiger partial charge in [0.25, 0.3) is 0 Å². The van der Waals surface area contributed by atoms with E-state index in [1.807, 2.05) is 11.8 Å². The van der Waals surface area contributed by atoms with Crippen molar-refractivity contribution in [2.45, 2.75) is 30.7 Å². The van der Waals surface area contributed by atoms with Crippen LogP contribution in [0.5, 0.6) is 0 Å². The highest BCUT2D eigenvalue weighted by Crippen LogP contribution is 2.36. The number of hydrogen-bond acceptors (Lipinski definition) is 4. The van der Waals surface area contributed by atoms with Crippen LogP contribution in [0.4, 0.5) is 0 Å². The summed E-state index contributed by atoms with van der Waals surface area (Å²) in [5, 5.41) is 12.8. The second kappa shape index (κ2) is 5.87. The van der Waals surface area contributed by atoms with Crippen LogP contribution in [0.2, 0.25) is 0 Å². The van der Waals surface area contributed by atoms with E-state index in [-0.39, 0.29) is 12.6 Å². The molecule has 94 valence electrons. The summed E-state index contributed by atoms with van der Waals surface area (Å²) < 4.78 is 0. The van der Waals surface area contributed by atoms with E-state index < -0.39 is 0 Å². The molecule has 0 spiro atoms. The third-order valence-electron chi connectivity index (χ3n) is 3.26. The van der Waals surface area contributed by atoms with Crippen LogP contribution in [-0.4, -0.2) is 23.6 Å². The molecular formula is C13H20N2OS. The van der Waals surface area contributed by atoms with Crippen molar-refractivity contribution in [3.8, 4) is 0 Å². The molecule has 1 aliphatic rings. The monoisotopic (exact) mass is 252 g/mol. The van der Waals surface area contributed by atoms with Crippen LogP contribution in [0.1, 0.15) is 35.8 Å². The third kappa shape index (κ3) is 3.01. The summed E-state index contributed by atoms with van der Waals surface area (Å²) >= 11 is 1.95. The molecule has 0 aliphatic carbocycles. The minimum Gasteiger partial charge on any atom is -0.396 e. The van der Waals surface area contributed by atoms with Crippen molar-refractivity contribution in [2.75, 3.05) is 12.5 Å². The summed E-state index contributed by atoms with van der Waals surface area (Å²) in [7, 11) is 0. The lowest BCUT2D eigenvalue weighted by Crippen LogP contribution is -2.21. The van der Waals surface area contributed by atoms with Crippen LogP contribution < -0.4 is 11.1 Å². The second-order valence-electron chi connectivity index (χ2n) is 4.51. The minimum absolute atomic E-state index is 0.0548. The number of nitrogens with one attached hydrogen (secondary N) is 1. The maximum absolute atomic E-state index is 8.87. The Bertz CT molecular complexity index is 355. The van der Waals surface area contributed by atoms with E-state index >= 15 is 0 Å². The van der Waals surface area contributed by atoms with Crippen LogP contribution >= 0.6 is 11.8 Å². The standard InChI is InChI=1S/C13H20N2OS/c1-9-13(17-8-15-9)11-4-2-10(3-5-11)12(14)6-7-16/h2-5,9,12-13,15-16H,6-8,14H2,1H3. The molecule has 3 unspecified atom stereocenters. The quantitative estimate of drug-likeness (QED) is 0.764. The molecule has 1 heterocycles. The largest absolute Gasteiger partial charge is 0.396 e. The first-order valence-electron chi connectivity index (χ1n) is 6.03. The predicted molar refractivity (Wildman–Crippen MR) is 72.9 cm³/mol. The Kier molecular flexibility index (Phi) is 4.45. The first-order chi connectivity index (χ1) is 8.22. The molecule has 1 fully saturated rings. The molecule has 0 saturated carbocycles. The maximum atomic E-state index is 8.87. The van der Waals surface area contributed by atoms with Crippen molar-refractivity contribution in [3.63, 3.8) is 0 Å². The maximum Gasteiger partial charge on any atom is 0.0460 e. The zero-order valence-electron chi connectivity index (χ0n) is 10.1. The SMILES string of the molecule is CC1NCSC1c1ccc(C(N)CCO)cc1. The number of thioether (sulfide) groups is 1. The van der Waals surface area contributed by atoms with Gasteiger partial charge in [0, 0.05) is 29.8 Å². The molecule has 2 rings (SSSR count). The minimum atomic E-state index is -0.0548. The van der Waals surface area contributed by atoms with Gasteiger partial charge in [-0.15, -0.1) is 11.8 Å². The lowest BCUT2D eigenvalue weighted by molar-refractivity contribution is 0.276. The van der Waals surface area contributed by atoms with Gasteiger partial charge in [-0.25, -0.2) is 0 Å². The summed E-state index contributed by atoms with van der Waals surface area (Å²) in [4.78, 5) is 0. The highest BCUT2D eigenvalue weighted by atomic mass is 32.2. The van der Waals surface area contributed by atoms with Crippen LogP contribution in [0, 0.1) is 0 Å². The molecule has 4 heteroatoms. The lowest BCUT2D eigenvalue weighted by Gasteiger charge is -2.16. The van der Waals surface area contributed by atoms with E-state index in [9.17, 15) is 0 Å². The number of aliphatic hydroxyl groups excluding tert-OH is 1. The molecule has 0 radical (unpaired) electrons. The van der Waals surface area contributed by atoms with Crippen LogP contribution in [0.15, 0.2) is 24.3 Å². The van der Waals surface area contributed by atoms with Gasteiger partial charge in [0.15, 0.2) is 0 Å². The fraction of sp³-hybridized carbons (Fsp3) is 0.538. The van der Waals surface area contributed by atoms with E-state index in [2.05, 4.69) is 36.5 Å². The van der Waals surface area contributed by atoms with Crippen LogP contribution in [0.25, 0.3) is 0 Å². The molecule has 3 nitrogen and oxygen atoms in total. The summed E-state index contributed by atoms with van der Waals surface area (Å²) in [5.41, 5.74) is 8.42. The molecule has 1 aromatic carbocycles. The van der Waals surface area contributed by atoms with Gasteiger partial charge in [-0.2, -0.15) is 0 Å². The average Bonchev–Trinajstić information content (AvgIpc) is 2.76. The van der Waals surface area contributed by atoms with E-state index in [0.717, 1.165) is 11.4 Å². The topological polar surface area (TPSA) is 58.3 Å². The highest BCUT2D eigenvalue weighted by Gasteiger charge is 2.24. The number of nitrogens with two attached hydrogens (primary N) is 1. The first kappa shape index (κ1) is 12.9. The van der Waals surface area contributed by atoms with E-state index in [1.165, 1.54) is 5.56 Å². The molecular weight excluding hydrogens is 232 g/mol. The molecule has 4 N–H and O–H groups in total. The molecule has 17 heavy (non-hydrogen) atoms.